The zero-order chi connectivity index (χ0) is 11.6. The van der Waals surface area contributed by atoms with Gasteiger partial charge < -0.3 is 10.6 Å². The number of rotatable bonds is 3. The van der Waals surface area contributed by atoms with Gasteiger partial charge in [-0.2, -0.15) is 0 Å². The van der Waals surface area contributed by atoms with E-state index in [0.717, 1.165) is 19.5 Å². The lowest BCUT2D eigenvalue weighted by atomic mass is 9.92. The average Bonchev–Trinajstić information content (AvgIpc) is 2.60. The van der Waals surface area contributed by atoms with E-state index in [-0.39, 0.29) is 5.54 Å². The summed E-state index contributed by atoms with van der Waals surface area (Å²) < 4.78 is 0. The number of aliphatic imine (C=N–C) groups is 1. The Morgan fingerprint density at radius 1 is 1.44 bits per heavy atom. The van der Waals surface area contributed by atoms with Crippen LogP contribution in [-0.2, 0) is 5.54 Å². The van der Waals surface area contributed by atoms with E-state index in [2.05, 4.69) is 28.7 Å². The first-order valence-electron chi connectivity index (χ1n) is 5.66. The van der Waals surface area contributed by atoms with Gasteiger partial charge >= 0.3 is 0 Å². The summed E-state index contributed by atoms with van der Waals surface area (Å²) in [5.74, 6) is 0.654. The molecule has 86 valence electrons. The first-order chi connectivity index (χ1) is 7.68. The van der Waals surface area contributed by atoms with E-state index in [1.165, 1.54) is 5.56 Å². The third-order valence-electron chi connectivity index (χ3n) is 3.17. The van der Waals surface area contributed by atoms with Crippen molar-refractivity contribution in [1.29, 1.82) is 0 Å². The highest BCUT2D eigenvalue weighted by atomic mass is 15.3. The fourth-order valence-electron chi connectivity index (χ4n) is 2.20. The minimum absolute atomic E-state index is 0.108. The van der Waals surface area contributed by atoms with E-state index in [9.17, 15) is 0 Å². The van der Waals surface area contributed by atoms with Gasteiger partial charge in [-0.25, -0.2) is 0 Å². The second-order valence-corrected chi connectivity index (χ2v) is 4.34. The molecule has 0 saturated heterocycles. The zero-order valence-corrected chi connectivity index (χ0v) is 9.85. The van der Waals surface area contributed by atoms with E-state index in [4.69, 9.17) is 5.73 Å². The summed E-state index contributed by atoms with van der Waals surface area (Å²) in [5.41, 5.74) is 7.05. The molecule has 1 aromatic rings. The van der Waals surface area contributed by atoms with Crippen molar-refractivity contribution in [1.82, 2.24) is 9.88 Å². The van der Waals surface area contributed by atoms with Crippen molar-refractivity contribution in [3.63, 3.8) is 0 Å². The Morgan fingerprint density at radius 2 is 2.12 bits per heavy atom. The maximum Gasteiger partial charge on any atom is 0.192 e. The van der Waals surface area contributed by atoms with E-state index >= 15 is 0 Å². The van der Waals surface area contributed by atoms with Crippen LogP contribution >= 0.6 is 0 Å². The molecule has 0 fully saturated rings. The minimum Gasteiger partial charge on any atom is -0.370 e. The molecule has 2 N–H and O–H groups in total. The van der Waals surface area contributed by atoms with Crippen molar-refractivity contribution in [2.75, 3.05) is 13.1 Å². The Balaban J connectivity index is 2.32. The van der Waals surface area contributed by atoms with Crippen molar-refractivity contribution in [3.05, 3.63) is 30.1 Å². The van der Waals surface area contributed by atoms with E-state index in [1.807, 2.05) is 24.5 Å². The molecule has 0 amide bonds. The summed E-state index contributed by atoms with van der Waals surface area (Å²) in [7, 11) is 0. The fourth-order valence-corrected chi connectivity index (χ4v) is 2.20. The highest BCUT2D eigenvalue weighted by Gasteiger charge is 2.38. The van der Waals surface area contributed by atoms with Crippen LogP contribution in [0, 0.1) is 0 Å². The molecule has 0 saturated carbocycles. The normalized spacial score (nSPS) is 24.6. The molecule has 16 heavy (non-hydrogen) atoms. The van der Waals surface area contributed by atoms with Crippen molar-refractivity contribution < 1.29 is 0 Å². The summed E-state index contributed by atoms with van der Waals surface area (Å²) >= 11 is 0. The van der Waals surface area contributed by atoms with Crippen molar-refractivity contribution in [3.8, 4) is 0 Å². The monoisotopic (exact) mass is 218 g/mol. The molecule has 0 aromatic carbocycles. The first kappa shape index (κ1) is 10.9. The Morgan fingerprint density at radius 3 is 2.75 bits per heavy atom. The number of pyridine rings is 1. The molecule has 2 rings (SSSR count). The van der Waals surface area contributed by atoms with Crippen LogP contribution < -0.4 is 5.73 Å². The van der Waals surface area contributed by atoms with Gasteiger partial charge in [-0.1, -0.05) is 6.92 Å². The Labute approximate surface area is 96.2 Å². The fraction of sp³-hybridized carbons (Fsp3) is 0.500. The van der Waals surface area contributed by atoms with Crippen LogP contribution in [0.4, 0.5) is 0 Å². The summed E-state index contributed by atoms with van der Waals surface area (Å²) in [6, 6.07) is 4.08. The lowest BCUT2D eigenvalue weighted by Crippen LogP contribution is -2.47. The van der Waals surface area contributed by atoms with Gasteiger partial charge in [0.15, 0.2) is 5.96 Å². The molecule has 0 spiro atoms. The van der Waals surface area contributed by atoms with Crippen LogP contribution in [0.5, 0.6) is 0 Å². The molecule has 1 aliphatic rings. The number of hydrogen-bond donors (Lipinski definition) is 1. The van der Waals surface area contributed by atoms with Crippen LogP contribution in [0.2, 0.25) is 0 Å². The van der Waals surface area contributed by atoms with Gasteiger partial charge in [0.2, 0.25) is 0 Å². The highest BCUT2D eigenvalue weighted by Crippen LogP contribution is 2.32. The maximum absolute atomic E-state index is 5.94. The molecule has 4 heteroatoms. The lowest BCUT2D eigenvalue weighted by molar-refractivity contribution is 0.225. The molecule has 1 atom stereocenters. The smallest absolute Gasteiger partial charge is 0.192 e. The Bertz CT molecular complexity index is 387. The van der Waals surface area contributed by atoms with Gasteiger partial charge in [-0.3, -0.25) is 9.98 Å². The molecule has 0 radical (unpaired) electrons. The van der Waals surface area contributed by atoms with E-state index in [1.54, 1.807) is 0 Å². The van der Waals surface area contributed by atoms with E-state index < -0.39 is 0 Å². The van der Waals surface area contributed by atoms with Crippen molar-refractivity contribution >= 4 is 5.96 Å². The lowest BCUT2D eigenvalue weighted by Gasteiger charge is -2.36. The molecule has 2 heterocycles. The maximum atomic E-state index is 5.94. The van der Waals surface area contributed by atoms with Crippen LogP contribution in [-0.4, -0.2) is 28.9 Å². The second kappa shape index (κ2) is 4.12. The van der Waals surface area contributed by atoms with Crippen LogP contribution in [0.25, 0.3) is 0 Å². The summed E-state index contributed by atoms with van der Waals surface area (Å²) in [6.45, 7) is 6.00. The third kappa shape index (κ3) is 1.64. The Hall–Kier alpha value is -1.58. The topological polar surface area (TPSA) is 54.5 Å². The molecule has 0 bridgehead atoms. The molecule has 1 aliphatic heterocycles. The molecular formula is C12H18N4. The van der Waals surface area contributed by atoms with Gasteiger partial charge in [0.1, 0.15) is 0 Å². The van der Waals surface area contributed by atoms with Crippen LogP contribution in [0.15, 0.2) is 29.5 Å². The SMILES string of the molecule is CCCN1C(N)=NCC1(C)c1ccncc1. The van der Waals surface area contributed by atoms with E-state index in [0.29, 0.717) is 5.96 Å². The number of guanidine groups is 1. The largest absolute Gasteiger partial charge is 0.370 e. The standard InChI is InChI=1S/C12H18N4/c1-3-8-16-11(13)15-9-12(16,2)10-4-6-14-7-5-10/h4-7H,3,8-9H2,1-2H3,(H2,13,15). The van der Waals surface area contributed by atoms with Crippen molar-refractivity contribution in [2.45, 2.75) is 25.8 Å². The van der Waals surface area contributed by atoms with Gasteiger partial charge in [-0.05, 0) is 31.0 Å². The quantitative estimate of drug-likeness (QED) is 0.833. The number of aromatic nitrogens is 1. The predicted molar refractivity (Wildman–Crippen MR) is 65.1 cm³/mol. The highest BCUT2D eigenvalue weighted by molar-refractivity contribution is 5.81. The second-order valence-electron chi connectivity index (χ2n) is 4.34. The van der Waals surface area contributed by atoms with Crippen LogP contribution in [0.1, 0.15) is 25.8 Å². The van der Waals surface area contributed by atoms with Crippen LogP contribution in [0.3, 0.4) is 0 Å². The summed E-state index contributed by atoms with van der Waals surface area (Å²) in [5, 5.41) is 0. The molecular weight excluding hydrogens is 200 g/mol. The first-order valence-corrected chi connectivity index (χ1v) is 5.66. The van der Waals surface area contributed by atoms with Gasteiger partial charge in [-0.15, -0.1) is 0 Å². The zero-order valence-electron chi connectivity index (χ0n) is 9.85. The number of nitrogens with zero attached hydrogens (tertiary/aromatic N) is 3. The summed E-state index contributed by atoms with van der Waals surface area (Å²) in [6.07, 6.45) is 4.70. The average molecular weight is 218 g/mol. The summed E-state index contributed by atoms with van der Waals surface area (Å²) in [4.78, 5) is 10.6. The molecule has 4 nitrogen and oxygen atoms in total. The molecule has 1 unspecified atom stereocenters. The van der Waals surface area contributed by atoms with Gasteiger partial charge in [0, 0.05) is 18.9 Å². The third-order valence-corrected chi connectivity index (χ3v) is 3.17. The predicted octanol–water partition coefficient (Wildman–Crippen LogP) is 1.34. The van der Waals surface area contributed by atoms with Gasteiger partial charge in [0.05, 0.1) is 12.1 Å². The molecule has 1 aromatic heterocycles. The van der Waals surface area contributed by atoms with Gasteiger partial charge in [0.25, 0.3) is 0 Å². The Kier molecular flexibility index (Phi) is 2.81. The molecule has 0 aliphatic carbocycles. The minimum atomic E-state index is -0.108. The van der Waals surface area contributed by atoms with Crippen molar-refractivity contribution in [2.24, 2.45) is 10.7 Å². The number of nitrogens with two attached hydrogens (primary N) is 1. The number of hydrogen-bond acceptors (Lipinski definition) is 4.